The molecule has 2 unspecified atom stereocenters. The van der Waals surface area contributed by atoms with Crippen LogP contribution in [-0.4, -0.2) is 49.3 Å². The van der Waals surface area contributed by atoms with E-state index in [1.54, 1.807) is 0 Å². The monoisotopic (exact) mass is 242 g/mol. The molecule has 1 aliphatic carbocycles. The number of nitrogens with zero attached hydrogens (tertiary/aromatic N) is 1. The van der Waals surface area contributed by atoms with Crippen molar-refractivity contribution < 1.29 is 5.11 Å². The third-order valence-corrected chi connectivity index (χ3v) is 3.87. The lowest BCUT2D eigenvalue weighted by molar-refractivity contribution is 0.240. The topological polar surface area (TPSA) is 35.5 Å². The van der Waals surface area contributed by atoms with Crippen LogP contribution in [-0.2, 0) is 0 Å². The second-order valence-corrected chi connectivity index (χ2v) is 5.40. The fourth-order valence-corrected chi connectivity index (χ4v) is 2.95. The molecule has 0 saturated heterocycles. The van der Waals surface area contributed by atoms with Gasteiger partial charge in [0.25, 0.3) is 0 Å². The van der Waals surface area contributed by atoms with Gasteiger partial charge < -0.3 is 15.3 Å². The van der Waals surface area contributed by atoms with E-state index >= 15 is 0 Å². The van der Waals surface area contributed by atoms with E-state index in [2.05, 4.69) is 24.2 Å². The lowest BCUT2D eigenvalue weighted by Crippen LogP contribution is -2.38. The van der Waals surface area contributed by atoms with Gasteiger partial charge in [-0.25, -0.2) is 0 Å². The predicted octanol–water partition coefficient (Wildman–Crippen LogP) is 1.86. The second kappa shape index (κ2) is 8.90. The summed E-state index contributed by atoms with van der Waals surface area (Å²) in [4.78, 5) is 2.47. The molecule has 0 aromatic carbocycles. The summed E-state index contributed by atoms with van der Waals surface area (Å²) in [6, 6.07) is 0.750. The van der Waals surface area contributed by atoms with Gasteiger partial charge >= 0.3 is 0 Å². The Morgan fingerprint density at radius 1 is 1.24 bits per heavy atom. The number of aliphatic hydroxyl groups is 1. The SMILES string of the molecule is CCNC1CCCC1CN(C)CCCCCO. The van der Waals surface area contributed by atoms with Crippen LogP contribution < -0.4 is 5.32 Å². The highest BCUT2D eigenvalue weighted by Crippen LogP contribution is 2.26. The molecule has 17 heavy (non-hydrogen) atoms. The molecule has 1 fully saturated rings. The molecule has 0 amide bonds. The molecule has 1 rings (SSSR count). The van der Waals surface area contributed by atoms with E-state index in [-0.39, 0.29) is 0 Å². The largest absolute Gasteiger partial charge is 0.396 e. The lowest BCUT2D eigenvalue weighted by atomic mass is 10.0. The third kappa shape index (κ3) is 5.84. The molecule has 1 aliphatic rings. The van der Waals surface area contributed by atoms with E-state index in [1.165, 1.54) is 38.8 Å². The molecule has 0 heterocycles. The van der Waals surface area contributed by atoms with Crippen molar-refractivity contribution in [2.75, 3.05) is 33.3 Å². The Kier molecular flexibility index (Phi) is 7.82. The molecule has 0 radical (unpaired) electrons. The maximum atomic E-state index is 8.73. The van der Waals surface area contributed by atoms with Crippen LogP contribution in [0.15, 0.2) is 0 Å². The average molecular weight is 242 g/mol. The summed E-state index contributed by atoms with van der Waals surface area (Å²) in [5, 5.41) is 12.3. The van der Waals surface area contributed by atoms with Gasteiger partial charge in [0.05, 0.1) is 0 Å². The van der Waals surface area contributed by atoms with Gasteiger partial charge in [-0.15, -0.1) is 0 Å². The number of nitrogens with one attached hydrogen (secondary N) is 1. The molecule has 3 nitrogen and oxygen atoms in total. The molecule has 0 aromatic heterocycles. The number of aliphatic hydroxyl groups excluding tert-OH is 1. The first-order valence-corrected chi connectivity index (χ1v) is 7.30. The average Bonchev–Trinajstić information content (AvgIpc) is 2.73. The minimum absolute atomic E-state index is 0.342. The van der Waals surface area contributed by atoms with Crippen LogP contribution in [0.5, 0.6) is 0 Å². The highest BCUT2D eigenvalue weighted by molar-refractivity contribution is 4.84. The highest BCUT2D eigenvalue weighted by atomic mass is 16.2. The smallest absolute Gasteiger partial charge is 0.0431 e. The van der Waals surface area contributed by atoms with Crippen molar-refractivity contribution in [3.63, 3.8) is 0 Å². The molecule has 2 N–H and O–H groups in total. The Hall–Kier alpha value is -0.120. The van der Waals surface area contributed by atoms with Crippen LogP contribution >= 0.6 is 0 Å². The molecule has 3 heteroatoms. The Morgan fingerprint density at radius 3 is 2.76 bits per heavy atom. The zero-order chi connectivity index (χ0) is 12.5. The fraction of sp³-hybridized carbons (Fsp3) is 1.00. The minimum Gasteiger partial charge on any atom is -0.396 e. The number of hydrogen-bond donors (Lipinski definition) is 2. The number of hydrogen-bond acceptors (Lipinski definition) is 3. The Morgan fingerprint density at radius 2 is 2.06 bits per heavy atom. The molecule has 0 bridgehead atoms. The van der Waals surface area contributed by atoms with Crippen LogP contribution in [0, 0.1) is 5.92 Å². The van der Waals surface area contributed by atoms with Crippen molar-refractivity contribution in [2.24, 2.45) is 5.92 Å². The van der Waals surface area contributed by atoms with Crippen molar-refractivity contribution in [1.29, 1.82) is 0 Å². The van der Waals surface area contributed by atoms with Gasteiger partial charge in [0.15, 0.2) is 0 Å². The third-order valence-electron chi connectivity index (χ3n) is 3.87. The summed E-state index contributed by atoms with van der Waals surface area (Å²) in [5.74, 6) is 0.845. The maximum Gasteiger partial charge on any atom is 0.0431 e. The van der Waals surface area contributed by atoms with Gasteiger partial charge in [-0.05, 0) is 58.2 Å². The second-order valence-electron chi connectivity index (χ2n) is 5.40. The first kappa shape index (κ1) is 14.9. The lowest BCUT2D eigenvalue weighted by Gasteiger charge is -2.26. The van der Waals surface area contributed by atoms with Crippen molar-refractivity contribution in [1.82, 2.24) is 10.2 Å². The molecule has 0 aromatic rings. The molecule has 2 atom stereocenters. The van der Waals surface area contributed by atoms with E-state index in [1.807, 2.05) is 0 Å². The summed E-state index contributed by atoms with van der Waals surface area (Å²) in [7, 11) is 2.24. The van der Waals surface area contributed by atoms with E-state index in [4.69, 9.17) is 5.11 Å². The van der Waals surface area contributed by atoms with Gasteiger partial charge in [-0.2, -0.15) is 0 Å². The Labute approximate surface area is 107 Å². The number of unbranched alkanes of at least 4 members (excludes halogenated alkanes) is 2. The highest BCUT2D eigenvalue weighted by Gasteiger charge is 2.26. The van der Waals surface area contributed by atoms with Crippen molar-refractivity contribution in [3.8, 4) is 0 Å². The zero-order valence-corrected chi connectivity index (χ0v) is 11.6. The molecular weight excluding hydrogens is 212 g/mol. The normalized spacial score (nSPS) is 24.7. The fourth-order valence-electron chi connectivity index (χ4n) is 2.95. The Bertz CT molecular complexity index is 187. The van der Waals surface area contributed by atoms with Gasteiger partial charge in [-0.1, -0.05) is 13.3 Å². The summed E-state index contributed by atoms with van der Waals surface area (Å²) in [5.41, 5.74) is 0. The van der Waals surface area contributed by atoms with Crippen molar-refractivity contribution >= 4 is 0 Å². The molecule has 0 aliphatic heterocycles. The standard InChI is InChI=1S/C14H30N2O/c1-3-15-14-9-7-8-13(14)12-16(2)10-5-4-6-11-17/h13-15,17H,3-12H2,1-2H3. The van der Waals surface area contributed by atoms with E-state index in [0.29, 0.717) is 6.61 Å². The first-order valence-electron chi connectivity index (χ1n) is 7.30. The minimum atomic E-state index is 0.342. The summed E-state index contributed by atoms with van der Waals surface area (Å²) in [6.45, 7) is 6.05. The van der Waals surface area contributed by atoms with Gasteiger partial charge in [0.2, 0.25) is 0 Å². The maximum absolute atomic E-state index is 8.73. The van der Waals surface area contributed by atoms with Crippen LogP contribution in [0.1, 0.15) is 45.4 Å². The summed E-state index contributed by atoms with van der Waals surface area (Å²) < 4.78 is 0. The predicted molar refractivity (Wildman–Crippen MR) is 73.2 cm³/mol. The van der Waals surface area contributed by atoms with E-state index in [0.717, 1.165) is 31.3 Å². The van der Waals surface area contributed by atoms with E-state index in [9.17, 15) is 0 Å². The van der Waals surface area contributed by atoms with Crippen LogP contribution in [0.4, 0.5) is 0 Å². The molecule has 1 saturated carbocycles. The van der Waals surface area contributed by atoms with Gasteiger partial charge in [0.1, 0.15) is 0 Å². The van der Waals surface area contributed by atoms with Crippen LogP contribution in [0.2, 0.25) is 0 Å². The van der Waals surface area contributed by atoms with Crippen LogP contribution in [0.3, 0.4) is 0 Å². The van der Waals surface area contributed by atoms with Crippen molar-refractivity contribution in [3.05, 3.63) is 0 Å². The van der Waals surface area contributed by atoms with Crippen LogP contribution in [0.25, 0.3) is 0 Å². The van der Waals surface area contributed by atoms with Gasteiger partial charge in [-0.3, -0.25) is 0 Å². The Balaban J connectivity index is 2.13. The molecular formula is C14H30N2O. The molecule has 0 spiro atoms. The quantitative estimate of drug-likeness (QED) is 0.606. The molecule has 102 valence electrons. The van der Waals surface area contributed by atoms with Gasteiger partial charge in [0, 0.05) is 19.2 Å². The first-order chi connectivity index (χ1) is 8.27. The number of rotatable bonds is 9. The zero-order valence-electron chi connectivity index (χ0n) is 11.6. The van der Waals surface area contributed by atoms with E-state index < -0.39 is 0 Å². The van der Waals surface area contributed by atoms with Crippen molar-refractivity contribution in [2.45, 2.75) is 51.5 Å². The summed E-state index contributed by atoms with van der Waals surface area (Å²) >= 11 is 0. The summed E-state index contributed by atoms with van der Waals surface area (Å²) in [6.07, 6.45) is 7.46.